The van der Waals surface area contributed by atoms with E-state index in [1.165, 1.54) is 11.3 Å². The van der Waals surface area contributed by atoms with E-state index < -0.39 is 0 Å². The first kappa shape index (κ1) is 18.4. The van der Waals surface area contributed by atoms with Crippen molar-refractivity contribution >= 4 is 27.5 Å². The zero-order valence-electron chi connectivity index (χ0n) is 15.9. The fourth-order valence-corrected chi connectivity index (χ4v) is 4.28. The van der Waals surface area contributed by atoms with Gasteiger partial charge in [0.25, 0.3) is 5.91 Å². The number of carbonyl (C=O) groups is 1. The molecule has 0 unspecified atom stereocenters. The average molecular weight is 364 g/mol. The van der Waals surface area contributed by atoms with Crippen LogP contribution in [0.5, 0.6) is 0 Å². The first-order valence-electron chi connectivity index (χ1n) is 8.92. The summed E-state index contributed by atoms with van der Waals surface area (Å²) in [7, 11) is 4.09. The van der Waals surface area contributed by atoms with Crippen LogP contribution in [0.2, 0.25) is 0 Å². The second kappa shape index (κ2) is 7.05. The number of rotatable bonds is 5. The Labute approximate surface area is 153 Å². The Kier molecular flexibility index (Phi) is 5.18. The minimum absolute atomic E-state index is 0.0176. The Morgan fingerprint density at radius 3 is 2.60 bits per heavy atom. The maximum absolute atomic E-state index is 12.7. The average Bonchev–Trinajstić information content (AvgIpc) is 3.09. The van der Waals surface area contributed by atoms with Crippen molar-refractivity contribution in [2.75, 3.05) is 39.8 Å². The summed E-state index contributed by atoms with van der Waals surface area (Å²) >= 11 is 1.51. The molecule has 0 radical (unpaired) electrons. The van der Waals surface area contributed by atoms with E-state index in [2.05, 4.69) is 41.1 Å². The zero-order chi connectivity index (χ0) is 18.2. The van der Waals surface area contributed by atoms with Crippen LogP contribution in [0.1, 0.15) is 35.6 Å². The third-order valence-electron chi connectivity index (χ3n) is 5.02. The highest BCUT2D eigenvalue weighted by Crippen LogP contribution is 2.28. The maximum Gasteiger partial charge on any atom is 0.261 e. The van der Waals surface area contributed by atoms with Gasteiger partial charge in [-0.15, -0.1) is 11.3 Å². The topological polar surface area (TPSA) is 53.4 Å². The Bertz CT molecular complexity index is 720. The van der Waals surface area contributed by atoms with Gasteiger partial charge in [-0.25, -0.2) is 0 Å². The second-order valence-corrected chi connectivity index (χ2v) is 8.80. The molecule has 1 amide bonds. The summed E-state index contributed by atoms with van der Waals surface area (Å²) in [6.45, 7) is 11.7. The Balaban J connectivity index is 1.59. The molecule has 2 aromatic heterocycles. The molecule has 138 valence electrons. The molecule has 6 nitrogen and oxygen atoms in total. The van der Waals surface area contributed by atoms with Gasteiger partial charge in [0, 0.05) is 50.7 Å². The number of thiophene rings is 1. The van der Waals surface area contributed by atoms with Crippen LogP contribution in [0, 0.1) is 6.92 Å². The minimum Gasteiger partial charge on any atom is -0.346 e. The van der Waals surface area contributed by atoms with Gasteiger partial charge in [-0.1, -0.05) is 0 Å². The van der Waals surface area contributed by atoms with Crippen LogP contribution in [0.3, 0.4) is 0 Å². The summed E-state index contributed by atoms with van der Waals surface area (Å²) in [4.78, 5) is 19.4. The van der Waals surface area contributed by atoms with Crippen molar-refractivity contribution in [1.82, 2.24) is 24.9 Å². The molecular weight excluding hydrogens is 334 g/mol. The summed E-state index contributed by atoms with van der Waals surface area (Å²) in [5.41, 5.74) is 0.756. The molecule has 1 fully saturated rings. The third kappa shape index (κ3) is 4.22. The van der Waals surface area contributed by atoms with Gasteiger partial charge in [0.2, 0.25) is 0 Å². The Morgan fingerprint density at radius 1 is 1.28 bits per heavy atom. The molecule has 1 aliphatic rings. The van der Waals surface area contributed by atoms with Crippen molar-refractivity contribution < 1.29 is 4.79 Å². The second-order valence-electron chi connectivity index (χ2n) is 7.77. The van der Waals surface area contributed by atoms with E-state index in [4.69, 9.17) is 0 Å². The first-order chi connectivity index (χ1) is 11.7. The lowest BCUT2D eigenvalue weighted by Crippen LogP contribution is -2.49. The van der Waals surface area contributed by atoms with E-state index in [9.17, 15) is 4.79 Å². The number of likely N-dealkylation sites (N-methyl/N-ethyl adjacent to an activating group) is 1. The van der Waals surface area contributed by atoms with Crippen LogP contribution in [-0.4, -0.2) is 70.8 Å². The highest BCUT2D eigenvalue weighted by Gasteiger charge is 2.25. The fraction of sp³-hybridized carbons (Fsp3) is 0.667. The van der Waals surface area contributed by atoms with E-state index in [1.54, 1.807) is 0 Å². The lowest BCUT2D eigenvalue weighted by Gasteiger charge is -2.35. The highest BCUT2D eigenvalue weighted by atomic mass is 32.1. The summed E-state index contributed by atoms with van der Waals surface area (Å²) < 4.78 is 1.85. The summed E-state index contributed by atoms with van der Waals surface area (Å²) in [5, 5.41) is 8.69. The van der Waals surface area contributed by atoms with Crippen LogP contribution in [-0.2, 0) is 7.05 Å². The minimum atomic E-state index is -0.218. The van der Waals surface area contributed by atoms with Gasteiger partial charge in [0.05, 0.1) is 10.6 Å². The summed E-state index contributed by atoms with van der Waals surface area (Å²) in [6.07, 6.45) is 0.952. The number of piperazine rings is 1. The van der Waals surface area contributed by atoms with E-state index >= 15 is 0 Å². The normalized spacial score (nSPS) is 17.3. The Hall–Kier alpha value is -1.44. The molecule has 1 N–H and O–H groups in total. The fourth-order valence-electron chi connectivity index (χ4n) is 3.26. The van der Waals surface area contributed by atoms with Crippen LogP contribution >= 0.6 is 11.3 Å². The van der Waals surface area contributed by atoms with Crippen LogP contribution < -0.4 is 5.32 Å². The third-order valence-corrected chi connectivity index (χ3v) is 6.22. The van der Waals surface area contributed by atoms with Gasteiger partial charge in [-0.3, -0.25) is 9.48 Å². The van der Waals surface area contributed by atoms with Gasteiger partial charge in [0.1, 0.15) is 4.83 Å². The molecule has 7 heteroatoms. The number of aryl methyl sites for hydroxylation is 2. The van der Waals surface area contributed by atoms with Crippen LogP contribution in [0.4, 0.5) is 0 Å². The number of amides is 1. The molecule has 0 aliphatic carbocycles. The molecule has 1 saturated heterocycles. The van der Waals surface area contributed by atoms with Crippen molar-refractivity contribution in [2.24, 2.45) is 7.05 Å². The number of aromatic nitrogens is 2. The standard InChI is InChI=1S/C18H29N5OS/c1-13-14-12-15(25-17(14)22(5)20-13)16(24)19-18(2,3)6-7-23-10-8-21(4)9-11-23/h12H,6-11H2,1-5H3,(H,19,24). The van der Waals surface area contributed by atoms with E-state index in [-0.39, 0.29) is 11.4 Å². The van der Waals surface area contributed by atoms with Crippen molar-refractivity contribution in [3.8, 4) is 0 Å². The van der Waals surface area contributed by atoms with Crippen molar-refractivity contribution in [2.45, 2.75) is 32.7 Å². The van der Waals surface area contributed by atoms with Crippen molar-refractivity contribution in [3.63, 3.8) is 0 Å². The van der Waals surface area contributed by atoms with Crippen molar-refractivity contribution in [3.05, 3.63) is 16.6 Å². The predicted molar refractivity (Wildman–Crippen MR) is 103 cm³/mol. The van der Waals surface area contributed by atoms with Gasteiger partial charge in [-0.2, -0.15) is 5.10 Å². The van der Waals surface area contributed by atoms with Gasteiger partial charge in [-0.05, 0) is 40.3 Å². The van der Waals surface area contributed by atoms with E-state index in [0.29, 0.717) is 0 Å². The van der Waals surface area contributed by atoms with Crippen LogP contribution in [0.15, 0.2) is 6.07 Å². The maximum atomic E-state index is 12.7. The van der Waals surface area contributed by atoms with Crippen LogP contribution in [0.25, 0.3) is 10.2 Å². The number of hydrogen-bond acceptors (Lipinski definition) is 5. The summed E-state index contributed by atoms with van der Waals surface area (Å²) in [6, 6.07) is 1.97. The predicted octanol–water partition coefficient (Wildman–Crippen LogP) is 2.09. The monoisotopic (exact) mass is 363 g/mol. The molecular formula is C18H29N5OS. The zero-order valence-corrected chi connectivity index (χ0v) is 16.7. The van der Waals surface area contributed by atoms with Crippen molar-refractivity contribution in [1.29, 1.82) is 0 Å². The van der Waals surface area contributed by atoms with Gasteiger partial charge in [0.15, 0.2) is 0 Å². The van der Waals surface area contributed by atoms with E-state index in [1.807, 2.05) is 24.7 Å². The molecule has 3 rings (SSSR count). The SMILES string of the molecule is Cc1nn(C)c2sc(C(=O)NC(C)(C)CCN3CCN(C)CC3)cc12. The number of carbonyl (C=O) groups excluding carboxylic acids is 1. The quantitative estimate of drug-likeness (QED) is 0.884. The lowest BCUT2D eigenvalue weighted by atomic mass is 10.00. The molecule has 25 heavy (non-hydrogen) atoms. The molecule has 2 aromatic rings. The summed E-state index contributed by atoms with van der Waals surface area (Å²) in [5.74, 6) is 0.0176. The van der Waals surface area contributed by atoms with Gasteiger partial charge >= 0.3 is 0 Å². The Morgan fingerprint density at radius 2 is 1.96 bits per heavy atom. The number of nitrogens with zero attached hydrogens (tertiary/aromatic N) is 4. The van der Waals surface area contributed by atoms with E-state index in [0.717, 1.165) is 59.9 Å². The molecule has 0 spiro atoms. The molecule has 0 saturated carbocycles. The molecule has 3 heterocycles. The first-order valence-corrected chi connectivity index (χ1v) is 9.73. The largest absolute Gasteiger partial charge is 0.346 e. The molecule has 1 aliphatic heterocycles. The number of fused-ring (bicyclic) bond motifs is 1. The molecule has 0 bridgehead atoms. The smallest absolute Gasteiger partial charge is 0.261 e. The molecule has 0 atom stereocenters. The van der Waals surface area contributed by atoms with Gasteiger partial charge < -0.3 is 15.1 Å². The lowest BCUT2D eigenvalue weighted by molar-refractivity contribution is 0.0897. The highest BCUT2D eigenvalue weighted by molar-refractivity contribution is 7.20. The number of hydrogen-bond donors (Lipinski definition) is 1. The molecule has 0 aromatic carbocycles. The number of nitrogens with one attached hydrogen (secondary N) is 1.